The fraction of sp³-hybridized carbons (Fsp3) is 0.0952. The third-order valence-electron chi connectivity index (χ3n) is 3.73. The van der Waals surface area contributed by atoms with Gasteiger partial charge in [-0.2, -0.15) is 5.10 Å². The van der Waals surface area contributed by atoms with Gasteiger partial charge in [0.2, 0.25) is 5.84 Å². The normalized spacial score (nSPS) is 11.4. The Hall–Kier alpha value is -3.67. The summed E-state index contributed by atoms with van der Waals surface area (Å²) in [5.74, 6) is 1.53. The lowest BCUT2D eigenvalue weighted by Crippen LogP contribution is -2.06. The Morgan fingerprint density at radius 3 is 1.93 bits per heavy atom. The number of nitrogens with zero attached hydrogens (tertiary/aromatic N) is 3. The van der Waals surface area contributed by atoms with E-state index in [0.717, 1.165) is 11.4 Å². The van der Waals surface area contributed by atoms with Crippen molar-refractivity contribution in [3.05, 3.63) is 84.4 Å². The van der Waals surface area contributed by atoms with Crippen LogP contribution in [0.2, 0.25) is 0 Å². The molecule has 0 amide bonds. The Morgan fingerprint density at radius 1 is 0.741 bits per heavy atom. The number of para-hydroxylation sites is 1. The van der Waals surface area contributed by atoms with Gasteiger partial charge < -0.3 is 9.47 Å². The molecule has 0 bridgehead atoms. The summed E-state index contributed by atoms with van der Waals surface area (Å²) in [5, 5.41) is 13.1. The molecule has 0 spiro atoms. The first-order valence-electron chi connectivity index (χ1n) is 8.38. The Balaban J connectivity index is 2.03. The average Bonchev–Trinajstić information content (AvgIpc) is 2.75. The van der Waals surface area contributed by atoms with E-state index in [2.05, 4.69) is 20.8 Å². The van der Waals surface area contributed by atoms with Gasteiger partial charge in [0.25, 0.3) is 0 Å². The lowest BCUT2D eigenvalue weighted by molar-refractivity contribution is 0.392. The lowest BCUT2D eigenvalue weighted by atomic mass is 10.1. The number of ether oxygens (including phenoxy) is 2. The van der Waals surface area contributed by atoms with Crippen LogP contribution in [0.1, 0.15) is 5.56 Å². The minimum Gasteiger partial charge on any atom is -0.496 e. The summed E-state index contributed by atoms with van der Waals surface area (Å²) < 4.78 is 11.0. The van der Waals surface area contributed by atoms with Crippen LogP contribution in [0.3, 0.4) is 0 Å². The summed E-state index contributed by atoms with van der Waals surface area (Å²) >= 11 is 0. The molecule has 27 heavy (non-hydrogen) atoms. The van der Waals surface area contributed by atoms with Crippen LogP contribution in [0, 0.1) is 0 Å². The third-order valence-corrected chi connectivity index (χ3v) is 3.73. The molecule has 0 saturated heterocycles. The van der Waals surface area contributed by atoms with Gasteiger partial charge >= 0.3 is 0 Å². The van der Waals surface area contributed by atoms with Gasteiger partial charge in [-0.3, -0.25) is 5.43 Å². The van der Waals surface area contributed by atoms with Crippen LogP contribution in [-0.2, 0) is 0 Å². The van der Waals surface area contributed by atoms with E-state index in [-0.39, 0.29) is 0 Å². The molecule has 0 heterocycles. The van der Waals surface area contributed by atoms with E-state index in [1.54, 1.807) is 14.2 Å². The van der Waals surface area contributed by atoms with Crippen LogP contribution in [0.15, 0.2) is 94.2 Å². The first-order chi connectivity index (χ1) is 13.3. The maximum absolute atomic E-state index is 5.48. The van der Waals surface area contributed by atoms with Crippen LogP contribution in [0.25, 0.3) is 0 Å². The van der Waals surface area contributed by atoms with Gasteiger partial charge in [0.05, 0.1) is 25.6 Å². The van der Waals surface area contributed by atoms with Crippen molar-refractivity contribution >= 4 is 17.2 Å². The number of nitrogens with one attached hydrogen (secondary N) is 1. The van der Waals surface area contributed by atoms with E-state index < -0.39 is 0 Å². The van der Waals surface area contributed by atoms with Crippen LogP contribution in [-0.4, -0.2) is 20.1 Å². The number of amidine groups is 1. The summed E-state index contributed by atoms with van der Waals surface area (Å²) in [4.78, 5) is 0. The number of hydrazone groups is 1. The van der Waals surface area contributed by atoms with Crippen molar-refractivity contribution in [1.82, 2.24) is 0 Å². The van der Waals surface area contributed by atoms with Crippen molar-refractivity contribution in [2.45, 2.75) is 0 Å². The van der Waals surface area contributed by atoms with Crippen molar-refractivity contribution in [3.8, 4) is 11.5 Å². The molecule has 0 aromatic heterocycles. The molecule has 0 atom stereocenters. The molecule has 0 unspecified atom stereocenters. The van der Waals surface area contributed by atoms with Gasteiger partial charge in [-0.15, -0.1) is 10.2 Å². The number of hydrogen-bond acceptors (Lipinski definition) is 5. The van der Waals surface area contributed by atoms with Crippen LogP contribution < -0.4 is 14.9 Å². The molecule has 0 fully saturated rings. The fourth-order valence-corrected chi connectivity index (χ4v) is 2.43. The SMILES string of the molecule is COc1cccc(OC)c1C(N=Nc1ccccc1)=NNc1ccccc1. The number of anilines is 1. The van der Waals surface area contributed by atoms with Crippen molar-refractivity contribution in [3.63, 3.8) is 0 Å². The second kappa shape index (κ2) is 9.15. The van der Waals surface area contributed by atoms with Gasteiger partial charge in [0.15, 0.2) is 0 Å². The zero-order valence-electron chi connectivity index (χ0n) is 15.2. The molecule has 3 aromatic rings. The number of azo groups is 1. The topological polar surface area (TPSA) is 67.6 Å². The van der Waals surface area contributed by atoms with Gasteiger partial charge in [-0.1, -0.05) is 42.5 Å². The zero-order valence-corrected chi connectivity index (χ0v) is 15.2. The predicted octanol–water partition coefficient (Wildman–Crippen LogP) is 5.26. The summed E-state index contributed by atoms with van der Waals surface area (Å²) in [7, 11) is 3.18. The van der Waals surface area contributed by atoms with Crippen molar-refractivity contribution in [2.75, 3.05) is 19.6 Å². The van der Waals surface area contributed by atoms with Gasteiger partial charge in [-0.25, -0.2) is 0 Å². The summed E-state index contributed by atoms with van der Waals surface area (Å²) in [6.45, 7) is 0. The maximum Gasteiger partial charge on any atom is 0.208 e. The highest BCUT2D eigenvalue weighted by molar-refractivity contribution is 6.04. The molecule has 1 N–H and O–H groups in total. The predicted molar refractivity (Wildman–Crippen MR) is 107 cm³/mol. The highest BCUT2D eigenvalue weighted by Gasteiger charge is 2.17. The lowest BCUT2D eigenvalue weighted by Gasteiger charge is -2.12. The highest BCUT2D eigenvalue weighted by atomic mass is 16.5. The Bertz CT molecular complexity index is 903. The van der Waals surface area contributed by atoms with Crippen LogP contribution >= 0.6 is 0 Å². The molecule has 0 saturated carbocycles. The smallest absolute Gasteiger partial charge is 0.208 e. The molecule has 6 nitrogen and oxygen atoms in total. The number of hydrogen-bond donors (Lipinski definition) is 1. The summed E-state index contributed by atoms with van der Waals surface area (Å²) in [5.41, 5.74) is 5.17. The Morgan fingerprint density at radius 2 is 1.33 bits per heavy atom. The molecule has 0 aliphatic heterocycles. The first kappa shape index (κ1) is 18.1. The number of rotatable bonds is 6. The Kier molecular flexibility index (Phi) is 6.14. The van der Waals surface area contributed by atoms with Crippen molar-refractivity contribution in [2.24, 2.45) is 15.3 Å². The third kappa shape index (κ3) is 4.70. The van der Waals surface area contributed by atoms with E-state index in [4.69, 9.17) is 9.47 Å². The van der Waals surface area contributed by atoms with Gasteiger partial charge in [0, 0.05) is 0 Å². The molecule has 136 valence electrons. The first-order valence-corrected chi connectivity index (χ1v) is 8.38. The van der Waals surface area contributed by atoms with Crippen LogP contribution in [0.4, 0.5) is 11.4 Å². The minimum absolute atomic E-state index is 0.344. The largest absolute Gasteiger partial charge is 0.496 e. The molecule has 3 aromatic carbocycles. The van der Waals surface area contributed by atoms with Crippen molar-refractivity contribution < 1.29 is 9.47 Å². The highest BCUT2D eigenvalue weighted by Crippen LogP contribution is 2.30. The zero-order chi connectivity index (χ0) is 18.9. The molecule has 0 radical (unpaired) electrons. The molecular formula is C21H20N4O2. The van der Waals surface area contributed by atoms with E-state index in [0.29, 0.717) is 22.9 Å². The summed E-state index contributed by atoms with van der Waals surface area (Å²) in [6.07, 6.45) is 0. The van der Waals surface area contributed by atoms with Crippen LogP contribution in [0.5, 0.6) is 11.5 Å². The van der Waals surface area contributed by atoms with Crippen molar-refractivity contribution in [1.29, 1.82) is 0 Å². The molecule has 6 heteroatoms. The quantitative estimate of drug-likeness (QED) is 0.282. The fourth-order valence-electron chi connectivity index (χ4n) is 2.43. The summed E-state index contributed by atoms with van der Waals surface area (Å²) in [6, 6.07) is 24.6. The molecule has 0 aliphatic rings. The van der Waals surface area contributed by atoms with Gasteiger partial charge in [0.1, 0.15) is 17.1 Å². The number of methoxy groups -OCH3 is 2. The molecule has 3 rings (SSSR count). The second-order valence-corrected chi connectivity index (χ2v) is 5.49. The van der Waals surface area contributed by atoms with E-state index in [9.17, 15) is 0 Å². The second-order valence-electron chi connectivity index (χ2n) is 5.49. The minimum atomic E-state index is 0.344. The maximum atomic E-state index is 5.48. The van der Waals surface area contributed by atoms with E-state index in [1.165, 1.54) is 0 Å². The van der Waals surface area contributed by atoms with E-state index >= 15 is 0 Å². The number of benzene rings is 3. The average molecular weight is 360 g/mol. The van der Waals surface area contributed by atoms with E-state index in [1.807, 2.05) is 78.9 Å². The molecular weight excluding hydrogens is 340 g/mol. The van der Waals surface area contributed by atoms with Gasteiger partial charge in [-0.05, 0) is 36.4 Å². The Labute approximate surface area is 158 Å². The standard InChI is InChI=1S/C21H20N4O2/c1-26-18-14-9-15-19(27-2)20(18)21(24-22-16-10-5-3-6-11-16)25-23-17-12-7-4-8-13-17/h3-15,22H,1-2H3. The monoisotopic (exact) mass is 360 g/mol. The molecule has 0 aliphatic carbocycles.